The van der Waals surface area contributed by atoms with Crippen molar-refractivity contribution in [2.45, 2.75) is 28.5 Å². The number of aryl methyl sites for hydroxylation is 2. The number of anilines is 2. The zero-order valence-electron chi connectivity index (χ0n) is 19.6. The largest absolute Gasteiger partial charge is 0.399 e. The number of carbonyl (C=O) groups excluding carboxylic acids is 1. The summed E-state index contributed by atoms with van der Waals surface area (Å²) in [5.41, 5.74) is 9.81. The summed E-state index contributed by atoms with van der Waals surface area (Å²) >= 11 is 3.41. The van der Waals surface area contributed by atoms with Gasteiger partial charge in [0.25, 0.3) is 5.69 Å². The lowest BCUT2D eigenvalue weighted by Gasteiger charge is -2.34. The molecule has 1 heterocycles. The summed E-state index contributed by atoms with van der Waals surface area (Å²) in [6.07, 6.45) is 0. The number of nitrogens with one attached hydrogen (secondary N) is 1. The number of nitro groups is 1. The van der Waals surface area contributed by atoms with Crippen molar-refractivity contribution >= 4 is 46.8 Å². The molecule has 10 heteroatoms. The van der Waals surface area contributed by atoms with Crippen LogP contribution in [0, 0.1) is 24.0 Å². The number of nitrogens with zero attached hydrogens (tertiary/aromatic N) is 3. The highest BCUT2D eigenvalue weighted by Gasteiger charge is 2.23. The Morgan fingerprint density at radius 1 is 0.943 bits per heavy atom. The molecule has 35 heavy (non-hydrogen) atoms. The Morgan fingerprint density at radius 3 is 2.34 bits per heavy atom. The molecule has 3 aromatic carbocycles. The number of urea groups is 1. The fraction of sp³-hybridized carbons (Fsp3) is 0.240. The molecule has 1 aliphatic heterocycles. The predicted octanol–water partition coefficient (Wildman–Crippen LogP) is 5.80. The van der Waals surface area contributed by atoms with Gasteiger partial charge in [0.2, 0.25) is 0 Å². The third kappa shape index (κ3) is 6.47. The number of nitrogen functional groups attached to an aromatic ring is 1. The highest BCUT2D eigenvalue weighted by molar-refractivity contribution is 8.01. The van der Waals surface area contributed by atoms with Gasteiger partial charge in [-0.05, 0) is 73.3 Å². The minimum Gasteiger partial charge on any atom is -0.399 e. The fourth-order valence-electron chi connectivity index (χ4n) is 3.61. The maximum Gasteiger partial charge on any atom is 0.321 e. The molecule has 0 radical (unpaired) electrons. The maximum atomic E-state index is 12.6. The molecule has 4 rings (SSSR count). The van der Waals surface area contributed by atoms with Crippen molar-refractivity contribution in [3.63, 3.8) is 0 Å². The molecule has 0 aromatic heterocycles. The molecule has 3 N–H and O–H groups in total. The van der Waals surface area contributed by atoms with Gasteiger partial charge >= 0.3 is 6.03 Å². The quantitative estimate of drug-likeness (QED) is 0.187. The third-order valence-electron chi connectivity index (χ3n) is 5.61. The van der Waals surface area contributed by atoms with Crippen molar-refractivity contribution in [1.82, 2.24) is 9.21 Å². The monoisotopic (exact) mass is 509 g/mol. The Labute approximate surface area is 213 Å². The van der Waals surface area contributed by atoms with Crippen LogP contribution in [-0.2, 0) is 0 Å². The summed E-state index contributed by atoms with van der Waals surface area (Å²) in [5.74, 6) is 0. The molecule has 1 aliphatic rings. The number of hydrogen-bond donors (Lipinski definition) is 2. The second-order valence-corrected chi connectivity index (χ2v) is 10.5. The van der Waals surface area contributed by atoms with E-state index in [-0.39, 0.29) is 11.7 Å². The van der Waals surface area contributed by atoms with Crippen LogP contribution >= 0.6 is 23.7 Å². The van der Waals surface area contributed by atoms with Crippen molar-refractivity contribution in [2.24, 2.45) is 0 Å². The Morgan fingerprint density at radius 2 is 1.66 bits per heavy atom. The second kappa shape index (κ2) is 11.0. The van der Waals surface area contributed by atoms with E-state index in [1.807, 2.05) is 12.1 Å². The van der Waals surface area contributed by atoms with Crippen LogP contribution in [0.2, 0.25) is 0 Å². The van der Waals surface area contributed by atoms with E-state index in [9.17, 15) is 14.9 Å². The summed E-state index contributed by atoms with van der Waals surface area (Å²) in [6, 6.07) is 18.1. The number of amides is 2. The summed E-state index contributed by atoms with van der Waals surface area (Å²) < 4.78 is 2.25. The maximum absolute atomic E-state index is 12.6. The normalized spacial score (nSPS) is 14.1. The molecule has 0 unspecified atom stereocenters. The van der Waals surface area contributed by atoms with Gasteiger partial charge in [-0.25, -0.2) is 9.10 Å². The van der Waals surface area contributed by atoms with Crippen molar-refractivity contribution in [3.8, 4) is 0 Å². The first-order chi connectivity index (χ1) is 16.8. The van der Waals surface area contributed by atoms with Crippen LogP contribution < -0.4 is 11.1 Å². The first-order valence-corrected chi connectivity index (χ1v) is 12.8. The Balaban J connectivity index is 1.36. The lowest BCUT2D eigenvalue weighted by Crippen LogP contribution is -2.47. The molecule has 1 fully saturated rings. The summed E-state index contributed by atoms with van der Waals surface area (Å²) in [6.45, 7) is 6.79. The number of benzene rings is 3. The van der Waals surface area contributed by atoms with Gasteiger partial charge in [-0.2, -0.15) is 0 Å². The second-order valence-electron chi connectivity index (χ2n) is 8.32. The van der Waals surface area contributed by atoms with Crippen LogP contribution in [0.15, 0.2) is 75.4 Å². The van der Waals surface area contributed by atoms with E-state index in [0.29, 0.717) is 31.9 Å². The average molecular weight is 510 g/mol. The van der Waals surface area contributed by atoms with E-state index in [0.717, 1.165) is 15.5 Å². The van der Waals surface area contributed by atoms with E-state index in [1.54, 1.807) is 28.6 Å². The molecule has 0 atom stereocenters. The zero-order valence-corrected chi connectivity index (χ0v) is 21.2. The predicted molar refractivity (Wildman–Crippen MR) is 142 cm³/mol. The summed E-state index contributed by atoms with van der Waals surface area (Å²) in [4.78, 5) is 28.2. The first-order valence-electron chi connectivity index (χ1n) is 11.2. The third-order valence-corrected chi connectivity index (χ3v) is 8.14. The number of nitrogens with two attached hydrogens (primary N) is 1. The van der Waals surface area contributed by atoms with Crippen molar-refractivity contribution < 1.29 is 9.72 Å². The highest BCUT2D eigenvalue weighted by Crippen LogP contribution is 2.39. The van der Waals surface area contributed by atoms with Crippen LogP contribution in [0.1, 0.15) is 11.1 Å². The van der Waals surface area contributed by atoms with Gasteiger partial charge in [-0.15, -0.1) is 0 Å². The summed E-state index contributed by atoms with van der Waals surface area (Å²) in [7, 11) is 0. The van der Waals surface area contributed by atoms with E-state index in [1.165, 1.54) is 40.3 Å². The molecule has 3 aromatic rings. The van der Waals surface area contributed by atoms with Gasteiger partial charge < -0.3 is 16.0 Å². The molecule has 0 aliphatic carbocycles. The first kappa shape index (κ1) is 24.9. The molecule has 2 amide bonds. The van der Waals surface area contributed by atoms with Gasteiger partial charge in [0.15, 0.2) is 0 Å². The van der Waals surface area contributed by atoms with Gasteiger partial charge in [0.1, 0.15) is 0 Å². The molecular formula is C25H27N5O3S2. The Hall–Kier alpha value is -3.21. The van der Waals surface area contributed by atoms with Crippen molar-refractivity contribution in [2.75, 3.05) is 37.2 Å². The zero-order chi connectivity index (χ0) is 24.9. The topological polar surface area (TPSA) is 105 Å². The van der Waals surface area contributed by atoms with Gasteiger partial charge in [-0.3, -0.25) is 10.1 Å². The smallest absolute Gasteiger partial charge is 0.321 e. The Bertz CT molecular complexity index is 1230. The standard InChI is InChI=1S/C25H27N5O3S2/c1-17-3-4-18(2)23(15-17)34-22-10-5-19(26)16-24(22)35-29-13-11-28(12-14-29)25(31)27-20-6-8-21(9-7-20)30(32)33/h3-10,15-16H,11-14,26H2,1-2H3,(H,27,31). The van der Waals surface area contributed by atoms with E-state index < -0.39 is 4.92 Å². The molecule has 8 nitrogen and oxygen atoms in total. The van der Waals surface area contributed by atoms with Crippen LogP contribution in [0.3, 0.4) is 0 Å². The van der Waals surface area contributed by atoms with Gasteiger partial charge in [0, 0.05) is 64.4 Å². The number of carbonyl (C=O) groups is 1. The highest BCUT2D eigenvalue weighted by atomic mass is 32.2. The number of nitro benzene ring substituents is 1. The number of non-ortho nitro benzene ring substituents is 1. The van der Waals surface area contributed by atoms with E-state index >= 15 is 0 Å². The SMILES string of the molecule is Cc1ccc(C)c(Sc2ccc(N)cc2SN2CCN(C(=O)Nc3ccc([N+](=O)[O-])cc3)CC2)c1. The minimum atomic E-state index is -0.463. The number of piperazine rings is 1. The van der Waals surface area contributed by atoms with Crippen LogP contribution in [0.25, 0.3) is 0 Å². The van der Waals surface area contributed by atoms with E-state index in [2.05, 4.69) is 47.7 Å². The number of hydrogen-bond acceptors (Lipinski definition) is 7. The Kier molecular flexibility index (Phi) is 7.84. The van der Waals surface area contributed by atoms with Gasteiger partial charge in [-0.1, -0.05) is 23.9 Å². The lowest BCUT2D eigenvalue weighted by molar-refractivity contribution is -0.384. The molecule has 0 bridgehead atoms. The fourth-order valence-corrected chi connectivity index (χ4v) is 5.82. The van der Waals surface area contributed by atoms with Crippen molar-refractivity contribution in [1.29, 1.82) is 0 Å². The molecule has 0 spiro atoms. The van der Waals surface area contributed by atoms with Crippen molar-refractivity contribution in [3.05, 3.63) is 81.9 Å². The van der Waals surface area contributed by atoms with Crippen LogP contribution in [-0.4, -0.2) is 46.3 Å². The summed E-state index contributed by atoms with van der Waals surface area (Å²) in [5, 5.41) is 13.6. The average Bonchev–Trinajstić information content (AvgIpc) is 2.84. The molecular weight excluding hydrogens is 482 g/mol. The minimum absolute atomic E-state index is 0.00900. The van der Waals surface area contributed by atoms with Crippen LogP contribution in [0.4, 0.5) is 21.9 Å². The van der Waals surface area contributed by atoms with Gasteiger partial charge in [0.05, 0.1) is 4.92 Å². The molecule has 1 saturated heterocycles. The molecule has 0 saturated carbocycles. The molecule has 182 valence electrons. The van der Waals surface area contributed by atoms with E-state index in [4.69, 9.17) is 5.73 Å². The number of rotatable bonds is 6. The lowest BCUT2D eigenvalue weighted by atomic mass is 10.2. The van der Waals surface area contributed by atoms with Crippen LogP contribution in [0.5, 0.6) is 0 Å².